The molecule has 0 amide bonds. The molecule has 0 heterocycles. The number of hydrogen-bond acceptors (Lipinski definition) is 10. The van der Waals surface area contributed by atoms with Gasteiger partial charge in [-0.2, -0.15) is 0 Å². The van der Waals surface area contributed by atoms with Crippen LogP contribution in [0.2, 0.25) is 0 Å². The number of hydrogen-bond donors (Lipinski definition) is 4. The van der Waals surface area contributed by atoms with Crippen LogP contribution in [0.1, 0.15) is 40.0 Å². The Bertz CT molecular complexity index is 435. The number of carboxylic acids is 3. The highest BCUT2D eigenvalue weighted by atomic mass is 16.6. The maximum Gasteiger partial charge on any atom is 0.379 e. The lowest BCUT2D eigenvalue weighted by molar-refractivity contribution is -0.510. The molecule has 28 heavy (non-hydrogen) atoms. The van der Waals surface area contributed by atoms with Gasteiger partial charge >= 0.3 is 36.0 Å². The first-order chi connectivity index (χ1) is 12.3. The maximum absolute atomic E-state index is 9.93. The van der Waals surface area contributed by atoms with Gasteiger partial charge in [-0.3, -0.25) is 30.3 Å². The zero-order valence-corrected chi connectivity index (χ0v) is 15.4. The second kappa shape index (κ2) is 17.0. The van der Waals surface area contributed by atoms with E-state index < -0.39 is 50.8 Å². The van der Waals surface area contributed by atoms with E-state index in [0.29, 0.717) is 0 Å². The van der Waals surface area contributed by atoms with Crippen LogP contribution in [-0.4, -0.2) is 66.1 Å². The largest absolute Gasteiger partial charge is 0.476 e. The van der Waals surface area contributed by atoms with Crippen LogP contribution >= 0.6 is 0 Å². The third-order valence-corrected chi connectivity index (χ3v) is 2.78. The van der Waals surface area contributed by atoms with Crippen molar-refractivity contribution in [1.29, 1.82) is 0 Å². The molecule has 3 unspecified atom stereocenters. The van der Waals surface area contributed by atoms with Gasteiger partial charge in [-0.05, 0) is 0 Å². The summed E-state index contributed by atoms with van der Waals surface area (Å²) in [5, 5.41) is 53.7. The minimum absolute atomic E-state index is 0. The molecule has 0 saturated heterocycles. The van der Waals surface area contributed by atoms with E-state index in [1.807, 2.05) is 0 Å². The highest BCUT2D eigenvalue weighted by molar-refractivity contribution is 5.72. The highest BCUT2D eigenvalue weighted by Gasteiger charge is 2.27. The second-order valence-corrected chi connectivity index (χ2v) is 4.64. The minimum Gasteiger partial charge on any atom is -0.476 e. The Morgan fingerprint density at radius 3 is 0.786 bits per heavy atom. The van der Waals surface area contributed by atoms with Crippen molar-refractivity contribution in [2.24, 2.45) is 0 Å². The summed E-state index contributed by atoms with van der Waals surface area (Å²) in [6.45, 7) is 4.38. The minimum atomic E-state index is -1.44. The van der Waals surface area contributed by atoms with Crippen LogP contribution in [0, 0.1) is 30.3 Å². The van der Waals surface area contributed by atoms with Gasteiger partial charge < -0.3 is 21.5 Å². The van der Waals surface area contributed by atoms with Crippen molar-refractivity contribution in [2.45, 2.75) is 58.2 Å². The highest BCUT2D eigenvalue weighted by Crippen LogP contribution is 1.95. The standard InChI is InChI=1S/3C4H7NO4.H3N/c3*1-2-3(4(6)7)5(8)9;/h3*3H,2H2,1H3,(H,6,7);1H3. The predicted octanol–water partition coefficient (Wildman–Crippen LogP) is 0.541. The molecule has 0 aromatic carbocycles. The van der Waals surface area contributed by atoms with E-state index in [2.05, 4.69) is 0 Å². The quantitative estimate of drug-likeness (QED) is 0.295. The van der Waals surface area contributed by atoms with E-state index in [4.69, 9.17) is 15.3 Å². The van der Waals surface area contributed by atoms with E-state index in [1.165, 1.54) is 20.8 Å². The third-order valence-electron chi connectivity index (χ3n) is 2.78. The summed E-state index contributed by atoms with van der Waals surface area (Å²) < 4.78 is 0. The zero-order valence-electron chi connectivity index (χ0n) is 15.4. The normalized spacial score (nSPS) is 12.1. The zero-order chi connectivity index (χ0) is 22.3. The molecular formula is C12H24N4O12. The van der Waals surface area contributed by atoms with Crippen LogP contribution < -0.4 is 6.15 Å². The molecule has 164 valence electrons. The summed E-state index contributed by atoms with van der Waals surface area (Å²) in [5.74, 6) is -4.12. The SMILES string of the molecule is CCC(C(=O)O)[N+](=O)[O-].CCC(C(=O)O)[N+](=O)[O-].CCC(C(=O)O)[N+](=O)[O-].N. The molecule has 16 nitrogen and oxygen atoms in total. The van der Waals surface area contributed by atoms with Gasteiger partial charge in [-0.1, -0.05) is 20.8 Å². The van der Waals surface area contributed by atoms with Crippen molar-refractivity contribution < 1.29 is 44.5 Å². The van der Waals surface area contributed by atoms with Crippen LogP contribution in [0.4, 0.5) is 0 Å². The molecular weight excluding hydrogens is 392 g/mol. The number of nitrogens with zero attached hydrogens (tertiary/aromatic N) is 3. The topological polar surface area (TPSA) is 276 Å². The molecule has 0 aromatic heterocycles. The fourth-order valence-electron chi connectivity index (χ4n) is 1.24. The van der Waals surface area contributed by atoms with Crippen molar-refractivity contribution in [1.82, 2.24) is 6.15 Å². The molecule has 0 aliphatic rings. The Kier molecular flexibility index (Phi) is 19.6. The van der Waals surface area contributed by atoms with E-state index >= 15 is 0 Å². The summed E-state index contributed by atoms with van der Waals surface area (Å²) in [4.78, 5) is 56.8. The summed E-state index contributed by atoms with van der Waals surface area (Å²) in [7, 11) is 0. The smallest absolute Gasteiger partial charge is 0.379 e. The lowest BCUT2D eigenvalue weighted by Gasteiger charge is -1.97. The van der Waals surface area contributed by atoms with E-state index in [0.717, 1.165) is 0 Å². The Morgan fingerprint density at radius 2 is 0.786 bits per heavy atom. The Balaban J connectivity index is -0.000000152. The third kappa shape index (κ3) is 14.9. The van der Waals surface area contributed by atoms with Gasteiger partial charge in [0.2, 0.25) is 0 Å². The van der Waals surface area contributed by atoms with Gasteiger partial charge in [0, 0.05) is 34.0 Å². The average molecular weight is 416 g/mol. The summed E-state index contributed by atoms with van der Waals surface area (Å²) >= 11 is 0. The molecule has 6 N–H and O–H groups in total. The molecule has 3 atom stereocenters. The second-order valence-electron chi connectivity index (χ2n) is 4.64. The monoisotopic (exact) mass is 416 g/mol. The number of carbonyl (C=O) groups is 3. The van der Waals surface area contributed by atoms with Crippen molar-refractivity contribution >= 4 is 17.9 Å². The summed E-state index contributed by atoms with van der Waals surface area (Å²) in [6, 6.07) is -4.32. The van der Waals surface area contributed by atoms with Crippen LogP contribution in [-0.2, 0) is 14.4 Å². The molecule has 0 rings (SSSR count). The molecule has 0 saturated carbocycles. The number of aliphatic carboxylic acids is 3. The first-order valence-electron chi connectivity index (χ1n) is 7.37. The van der Waals surface area contributed by atoms with Crippen LogP contribution in [0.3, 0.4) is 0 Å². The molecule has 0 bridgehead atoms. The van der Waals surface area contributed by atoms with Gasteiger partial charge in [0.05, 0.1) is 0 Å². The summed E-state index contributed by atoms with van der Waals surface area (Å²) in [5.41, 5.74) is 0. The number of rotatable bonds is 9. The van der Waals surface area contributed by atoms with E-state index in [1.54, 1.807) is 0 Å². The van der Waals surface area contributed by atoms with Gasteiger partial charge in [0.25, 0.3) is 0 Å². The lowest BCUT2D eigenvalue weighted by atomic mass is 10.2. The van der Waals surface area contributed by atoms with Crippen LogP contribution in [0.25, 0.3) is 0 Å². The van der Waals surface area contributed by atoms with Crippen LogP contribution in [0.15, 0.2) is 0 Å². The maximum atomic E-state index is 9.93. The molecule has 0 radical (unpaired) electrons. The Labute approximate surface area is 158 Å². The van der Waals surface area contributed by atoms with Gasteiger partial charge in [-0.25, -0.2) is 14.4 Å². The van der Waals surface area contributed by atoms with E-state index in [-0.39, 0.29) is 25.4 Å². The Hall–Kier alpha value is -3.43. The molecule has 0 spiro atoms. The average Bonchev–Trinajstić information content (AvgIpc) is 2.47. The van der Waals surface area contributed by atoms with Gasteiger partial charge in [0.1, 0.15) is 0 Å². The first kappa shape index (κ1) is 32.3. The van der Waals surface area contributed by atoms with Crippen molar-refractivity contribution in [3.63, 3.8) is 0 Å². The van der Waals surface area contributed by atoms with Crippen molar-refractivity contribution in [3.05, 3.63) is 30.3 Å². The molecule has 16 heteroatoms. The van der Waals surface area contributed by atoms with Crippen molar-refractivity contribution in [3.8, 4) is 0 Å². The van der Waals surface area contributed by atoms with Gasteiger partial charge in [-0.15, -0.1) is 0 Å². The summed E-state index contributed by atoms with van der Waals surface area (Å²) in [6.07, 6.45) is 0.0903. The first-order valence-corrected chi connectivity index (χ1v) is 7.37. The fourth-order valence-corrected chi connectivity index (χ4v) is 1.24. The molecule has 0 aliphatic heterocycles. The lowest BCUT2D eigenvalue weighted by Crippen LogP contribution is -2.27. The van der Waals surface area contributed by atoms with Crippen LogP contribution in [0.5, 0.6) is 0 Å². The van der Waals surface area contributed by atoms with E-state index in [9.17, 15) is 44.7 Å². The number of nitro groups is 3. The number of carboxylic acid groups (broad SMARTS) is 3. The molecule has 0 fully saturated rings. The molecule has 0 aliphatic carbocycles. The molecule has 0 aromatic rings. The predicted molar refractivity (Wildman–Crippen MR) is 91.1 cm³/mol. The van der Waals surface area contributed by atoms with Crippen molar-refractivity contribution in [2.75, 3.05) is 0 Å². The Morgan fingerprint density at radius 1 is 0.643 bits per heavy atom. The van der Waals surface area contributed by atoms with Gasteiger partial charge in [0.15, 0.2) is 0 Å². The fraction of sp³-hybridized carbons (Fsp3) is 0.750.